The van der Waals surface area contributed by atoms with Gasteiger partial charge in [-0.05, 0) is 38.5 Å². The van der Waals surface area contributed by atoms with E-state index in [-0.39, 0.29) is 19.4 Å². The SMILES string of the molecule is CCCCC/C=C\CC1OC1CCCCCCCC(=O)OC[C@H](COP(=O)(O)OC[C@H](N)C(=O)O)OC(=O)CCCCCCCCCCCCCCCCCCC. The molecule has 1 aliphatic heterocycles. The molecule has 0 aromatic heterocycles. The van der Waals surface area contributed by atoms with Crippen molar-refractivity contribution in [2.24, 2.45) is 5.73 Å². The highest BCUT2D eigenvalue weighted by Gasteiger charge is 2.36. The number of rotatable bonds is 42. The zero-order chi connectivity index (χ0) is 41.8. The summed E-state index contributed by atoms with van der Waals surface area (Å²) in [5, 5.41) is 8.90. The standard InChI is InChI=1S/C44H82NO11P/c1-3-5-7-9-11-12-13-14-15-16-17-18-19-20-21-25-30-34-43(47)55-38(36-53-57(50,51)54-37-39(45)44(48)49)35-52-42(46)33-29-26-22-24-28-32-41-40(56-41)31-27-23-10-8-6-4-2/h23,27,38-41H,3-22,24-26,28-37,45H2,1-2H3,(H,48,49)(H,50,51)/b27-23-/t38-,39+,40?,41?/m1/s1. The average Bonchev–Trinajstić information content (AvgIpc) is 3.94. The lowest BCUT2D eigenvalue weighted by Crippen LogP contribution is -2.34. The number of allylic oxidation sites excluding steroid dienone is 1. The minimum atomic E-state index is -4.72. The van der Waals surface area contributed by atoms with E-state index >= 15 is 0 Å². The van der Waals surface area contributed by atoms with Crippen LogP contribution in [0, 0.1) is 0 Å². The number of phosphoric ester groups is 1. The Kier molecular flexibility index (Phi) is 33.7. The van der Waals surface area contributed by atoms with E-state index in [4.69, 9.17) is 29.6 Å². The Morgan fingerprint density at radius 2 is 1.11 bits per heavy atom. The van der Waals surface area contributed by atoms with Crippen molar-refractivity contribution in [3.63, 3.8) is 0 Å². The number of epoxide rings is 1. The van der Waals surface area contributed by atoms with Crippen LogP contribution in [0.3, 0.4) is 0 Å². The summed E-state index contributed by atoms with van der Waals surface area (Å²) in [6.45, 7) is 2.77. The van der Waals surface area contributed by atoms with Gasteiger partial charge in [0.2, 0.25) is 0 Å². The summed E-state index contributed by atoms with van der Waals surface area (Å²) in [6, 6.07) is -1.52. The van der Waals surface area contributed by atoms with Gasteiger partial charge < -0.3 is 29.9 Å². The van der Waals surface area contributed by atoms with E-state index in [2.05, 4.69) is 30.5 Å². The number of hydrogen-bond acceptors (Lipinski definition) is 10. The molecule has 4 N–H and O–H groups in total. The minimum absolute atomic E-state index is 0.160. The van der Waals surface area contributed by atoms with Gasteiger partial charge >= 0.3 is 25.7 Å². The molecule has 0 aromatic rings. The fourth-order valence-electron chi connectivity index (χ4n) is 6.72. The molecule has 13 heteroatoms. The largest absolute Gasteiger partial charge is 0.480 e. The molecule has 0 aliphatic carbocycles. The van der Waals surface area contributed by atoms with Crippen molar-refractivity contribution in [2.45, 2.75) is 231 Å². The van der Waals surface area contributed by atoms with Gasteiger partial charge in [-0.25, -0.2) is 4.57 Å². The summed E-state index contributed by atoms with van der Waals surface area (Å²) in [5.74, 6) is -2.39. The molecule has 0 radical (unpaired) electrons. The smallest absolute Gasteiger partial charge is 0.472 e. The summed E-state index contributed by atoms with van der Waals surface area (Å²) in [5.41, 5.74) is 5.34. The second-order valence-corrected chi connectivity index (χ2v) is 17.4. The quantitative estimate of drug-likeness (QED) is 0.0174. The first-order valence-corrected chi connectivity index (χ1v) is 24.3. The number of aliphatic carboxylic acids is 1. The number of carboxylic acid groups (broad SMARTS) is 1. The van der Waals surface area contributed by atoms with E-state index < -0.39 is 51.1 Å². The number of carbonyl (C=O) groups excluding carboxylic acids is 2. The van der Waals surface area contributed by atoms with Gasteiger partial charge in [0, 0.05) is 12.8 Å². The maximum absolute atomic E-state index is 12.7. The molecule has 5 atom stereocenters. The van der Waals surface area contributed by atoms with Crippen LogP contribution in [0.15, 0.2) is 12.2 Å². The predicted molar refractivity (Wildman–Crippen MR) is 226 cm³/mol. The molecule has 334 valence electrons. The maximum atomic E-state index is 12.7. The van der Waals surface area contributed by atoms with Crippen molar-refractivity contribution in [1.29, 1.82) is 0 Å². The second-order valence-electron chi connectivity index (χ2n) is 15.9. The van der Waals surface area contributed by atoms with Crippen molar-refractivity contribution >= 4 is 25.7 Å². The van der Waals surface area contributed by atoms with E-state index in [9.17, 15) is 23.8 Å². The minimum Gasteiger partial charge on any atom is -0.480 e. The number of carbonyl (C=O) groups is 3. The molecule has 0 bridgehead atoms. The van der Waals surface area contributed by atoms with Crippen molar-refractivity contribution in [2.75, 3.05) is 19.8 Å². The molecule has 0 aromatic carbocycles. The lowest BCUT2D eigenvalue weighted by Gasteiger charge is -2.20. The van der Waals surface area contributed by atoms with Crippen molar-refractivity contribution < 1.29 is 52.2 Å². The fraction of sp³-hybridized carbons (Fsp3) is 0.886. The van der Waals surface area contributed by atoms with Gasteiger partial charge in [-0.1, -0.05) is 167 Å². The first-order valence-electron chi connectivity index (χ1n) is 22.8. The van der Waals surface area contributed by atoms with E-state index in [1.165, 1.54) is 103 Å². The maximum Gasteiger partial charge on any atom is 0.472 e. The van der Waals surface area contributed by atoms with Crippen LogP contribution in [0.1, 0.15) is 206 Å². The highest BCUT2D eigenvalue weighted by Crippen LogP contribution is 2.43. The van der Waals surface area contributed by atoms with Crippen LogP contribution in [-0.4, -0.2) is 72.1 Å². The molecule has 0 spiro atoms. The van der Waals surface area contributed by atoms with E-state index in [1.54, 1.807) is 0 Å². The zero-order valence-electron chi connectivity index (χ0n) is 35.9. The van der Waals surface area contributed by atoms with Gasteiger partial charge in [0.15, 0.2) is 6.10 Å². The first-order chi connectivity index (χ1) is 27.6. The van der Waals surface area contributed by atoms with Crippen LogP contribution in [0.5, 0.6) is 0 Å². The molecule has 1 saturated heterocycles. The second kappa shape index (κ2) is 36.1. The molecular formula is C44H82NO11P. The molecule has 0 saturated carbocycles. The third-order valence-electron chi connectivity index (χ3n) is 10.4. The van der Waals surface area contributed by atoms with E-state index in [0.29, 0.717) is 25.0 Å². The predicted octanol–water partition coefficient (Wildman–Crippen LogP) is 11.1. The van der Waals surface area contributed by atoms with Crippen LogP contribution < -0.4 is 5.73 Å². The summed E-state index contributed by atoms with van der Waals surface area (Å²) >= 11 is 0. The Balaban J connectivity index is 2.25. The Morgan fingerprint density at radius 1 is 0.632 bits per heavy atom. The van der Waals surface area contributed by atoms with Gasteiger partial charge in [-0.15, -0.1) is 0 Å². The molecule has 0 amide bonds. The van der Waals surface area contributed by atoms with Gasteiger partial charge in [-0.2, -0.15) is 0 Å². The summed E-state index contributed by atoms with van der Waals surface area (Å²) in [7, 11) is -4.72. The topological polar surface area (TPSA) is 184 Å². The molecule has 3 unspecified atom stereocenters. The van der Waals surface area contributed by atoms with Crippen LogP contribution >= 0.6 is 7.82 Å². The van der Waals surface area contributed by atoms with E-state index in [1.807, 2.05) is 0 Å². The third kappa shape index (κ3) is 33.7. The zero-order valence-corrected chi connectivity index (χ0v) is 36.8. The number of ether oxygens (including phenoxy) is 3. The lowest BCUT2D eigenvalue weighted by atomic mass is 10.0. The monoisotopic (exact) mass is 832 g/mol. The molecule has 57 heavy (non-hydrogen) atoms. The highest BCUT2D eigenvalue weighted by atomic mass is 31.2. The highest BCUT2D eigenvalue weighted by molar-refractivity contribution is 7.47. The first kappa shape index (κ1) is 53.2. The molecule has 1 aliphatic rings. The van der Waals surface area contributed by atoms with Crippen molar-refractivity contribution in [1.82, 2.24) is 0 Å². The Hall–Kier alpha value is -1.82. The van der Waals surface area contributed by atoms with Gasteiger partial charge in [0.1, 0.15) is 12.6 Å². The lowest BCUT2D eigenvalue weighted by molar-refractivity contribution is -0.161. The number of esters is 2. The Bertz CT molecular complexity index is 1090. The normalized spacial score (nSPS) is 17.3. The molecule has 12 nitrogen and oxygen atoms in total. The van der Waals surface area contributed by atoms with Crippen molar-refractivity contribution in [3.8, 4) is 0 Å². The summed E-state index contributed by atoms with van der Waals surface area (Å²) in [6.07, 6.45) is 37.2. The van der Waals surface area contributed by atoms with Gasteiger partial charge in [0.05, 0.1) is 25.4 Å². The number of phosphoric acid groups is 1. The van der Waals surface area contributed by atoms with Crippen molar-refractivity contribution in [3.05, 3.63) is 12.2 Å². The molecule has 1 rings (SSSR count). The fourth-order valence-corrected chi connectivity index (χ4v) is 7.50. The summed E-state index contributed by atoms with van der Waals surface area (Å²) in [4.78, 5) is 46.0. The third-order valence-corrected chi connectivity index (χ3v) is 11.4. The van der Waals surface area contributed by atoms with Crippen LogP contribution in [0.25, 0.3) is 0 Å². The van der Waals surface area contributed by atoms with Crippen LogP contribution in [0.2, 0.25) is 0 Å². The van der Waals surface area contributed by atoms with Gasteiger partial charge in [-0.3, -0.25) is 23.4 Å². The average molecular weight is 832 g/mol. The number of carboxylic acids is 1. The Labute approximate surface area is 345 Å². The number of hydrogen-bond donors (Lipinski definition) is 3. The van der Waals surface area contributed by atoms with Crippen LogP contribution in [-0.2, 0) is 42.2 Å². The molecule has 1 heterocycles. The molecular weight excluding hydrogens is 749 g/mol. The molecule has 1 fully saturated rings. The number of nitrogens with two attached hydrogens (primary N) is 1. The summed E-state index contributed by atoms with van der Waals surface area (Å²) < 4.78 is 38.5. The Morgan fingerprint density at radius 3 is 1.65 bits per heavy atom. The van der Waals surface area contributed by atoms with E-state index in [0.717, 1.165) is 64.2 Å². The van der Waals surface area contributed by atoms with Gasteiger partial charge in [0.25, 0.3) is 0 Å². The van der Waals surface area contributed by atoms with Crippen LogP contribution in [0.4, 0.5) is 0 Å². The number of unbranched alkanes of at least 4 members (excludes halogenated alkanes) is 23.